The Morgan fingerprint density at radius 3 is 2.68 bits per heavy atom. The number of anilines is 1. The van der Waals surface area contributed by atoms with Gasteiger partial charge in [-0.25, -0.2) is 0 Å². The topological polar surface area (TPSA) is 53.1 Å². The summed E-state index contributed by atoms with van der Waals surface area (Å²) in [5.74, 6) is 0.135. The third-order valence-electron chi connectivity index (χ3n) is 2.63. The number of alkyl halides is 3. The van der Waals surface area contributed by atoms with Crippen LogP contribution < -0.4 is 10.5 Å². The molecule has 0 radical (unpaired) electrons. The fourth-order valence-electron chi connectivity index (χ4n) is 1.57. The molecule has 0 amide bonds. The summed E-state index contributed by atoms with van der Waals surface area (Å²) in [6.07, 6.45) is -2.92. The Balaban J connectivity index is 2.12. The molecule has 7 heteroatoms. The van der Waals surface area contributed by atoms with Crippen molar-refractivity contribution in [3.8, 4) is 5.75 Å². The maximum Gasteiger partial charge on any atom is 0.416 e. The molecule has 0 aliphatic carbocycles. The van der Waals surface area contributed by atoms with Gasteiger partial charge in [0, 0.05) is 7.05 Å². The Labute approximate surface area is 107 Å². The van der Waals surface area contributed by atoms with E-state index < -0.39 is 11.7 Å². The molecule has 19 heavy (non-hydrogen) atoms. The van der Waals surface area contributed by atoms with Crippen LogP contribution in [0.25, 0.3) is 0 Å². The largest absolute Gasteiger partial charge is 0.487 e. The van der Waals surface area contributed by atoms with Gasteiger partial charge >= 0.3 is 6.18 Å². The monoisotopic (exact) mass is 271 g/mol. The summed E-state index contributed by atoms with van der Waals surface area (Å²) < 4.78 is 44.4. The molecule has 2 N–H and O–H groups in total. The Morgan fingerprint density at radius 2 is 2.11 bits per heavy atom. The van der Waals surface area contributed by atoms with Crippen molar-refractivity contribution in [3.63, 3.8) is 0 Å². The average molecular weight is 271 g/mol. The minimum atomic E-state index is -4.38. The highest BCUT2D eigenvalue weighted by Crippen LogP contribution is 2.31. The predicted octanol–water partition coefficient (Wildman–Crippen LogP) is 2.60. The van der Waals surface area contributed by atoms with Crippen molar-refractivity contribution in [2.24, 2.45) is 7.05 Å². The van der Waals surface area contributed by atoms with Crippen LogP contribution in [0.5, 0.6) is 5.75 Å². The van der Waals surface area contributed by atoms with Crippen molar-refractivity contribution >= 4 is 5.69 Å². The molecule has 2 aromatic rings. The summed E-state index contributed by atoms with van der Waals surface area (Å²) in [7, 11) is 1.68. The van der Waals surface area contributed by atoms with E-state index in [9.17, 15) is 13.2 Å². The Hall–Kier alpha value is -2.18. The van der Waals surface area contributed by atoms with Gasteiger partial charge in [-0.1, -0.05) is 6.07 Å². The van der Waals surface area contributed by atoms with Crippen molar-refractivity contribution in [1.29, 1.82) is 0 Å². The molecule has 102 valence electrons. The van der Waals surface area contributed by atoms with Gasteiger partial charge in [0.05, 0.1) is 23.1 Å². The van der Waals surface area contributed by atoms with Crippen LogP contribution in [0.3, 0.4) is 0 Å². The highest BCUT2D eigenvalue weighted by molar-refractivity contribution is 5.40. The van der Waals surface area contributed by atoms with Crippen molar-refractivity contribution in [2.45, 2.75) is 12.8 Å². The van der Waals surface area contributed by atoms with Crippen LogP contribution in [-0.4, -0.2) is 9.78 Å². The molecule has 4 nitrogen and oxygen atoms in total. The van der Waals surface area contributed by atoms with Gasteiger partial charge in [-0.15, -0.1) is 0 Å². The molecule has 0 aliphatic heterocycles. The summed E-state index contributed by atoms with van der Waals surface area (Å²) in [5, 5.41) is 3.92. The van der Waals surface area contributed by atoms with E-state index in [-0.39, 0.29) is 12.4 Å². The summed E-state index contributed by atoms with van der Waals surface area (Å²) in [5.41, 5.74) is 5.96. The summed E-state index contributed by atoms with van der Waals surface area (Å²) in [6, 6.07) is 4.70. The highest BCUT2D eigenvalue weighted by atomic mass is 19.4. The molecule has 0 fully saturated rings. The van der Waals surface area contributed by atoms with Crippen LogP contribution in [0.2, 0.25) is 0 Å². The lowest BCUT2D eigenvalue weighted by atomic mass is 10.2. The maximum atomic E-state index is 12.5. The number of nitrogens with zero attached hydrogens (tertiary/aromatic N) is 2. The fourth-order valence-corrected chi connectivity index (χ4v) is 1.57. The number of ether oxygens (including phenoxy) is 1. The van der Waals surface area contributed by atoms with Crippen molar-refractivity contribution in [1.82, 2.24) is 9.78 Å². The lowest BCUT2D eigenvalue weighted by molar-refractivity contribution is -0.137. The molecular formula is C12H12F3N3O. The lowest BCUT2D eigenvalue weighted by Gasteiger charge is -2.10. The van der Waals surface area contributed by atoms with Crippen LogP contribution in [-0.2, 0) is 19.8 Å². The van der Waals surface area contributed by atoms with E-state index in [1.165, 1.54) is 23.0 Å². The Bertz CT molecular complexity index is 558. The molecule has 0 spiro atoms. The molecule has 0 atom stereocenters. The van der Waals surface area contributed by atoms with Gasteiger partial charge in [0.2, 0.25) is 0 Å². The normalized spacial score (nSPS) is 11.6. The van der Waals surface area contributed by atoms with Crippen molar-refractivity contribution in [2.75, 3.05) is 5.73 Å². The molecule has 2 rings (SSSR count). The molecule has 1 aromatic heterocycles. The van der Waals surface area contributed by atoms with E-state index in [0.717, 1.165) is 12.1 Å². The second kappa shape index (κ2) is 4.83. The first-order valence-corrected chi connectivity index (χ1v) is 5.44. The number of hydrogen-bond acceptors (Lipinski definition) is 3. The van der Waals surface area contributed by atoms with E-state index in [4.69, 9.17) is 10.5 Å². The molecule has 1 aromatic carbocycles. The zero-order valence-electron chi connectivity index (χ0n) is 10.1. The molecule has 0 bridgehead atoms. The molecule has 0 aliphatic rings. The Kier molecular flexibility index (Phi) is 3.37. The first-order chi connectivity index (χ1) is 8.88. The zero-order valence-corrected chi connectivity index (χ0v) is 10.1. The van der Waals surface area contributed by atoms with E-state index in [1.54, 1.807) is 7.05 Å². The van der Waals surface area contributed by atoms with Gasteiger partial charge in [0.25, 0.3) is 0 Å². The first kappa shape index (κ1) is 13.3. The second-order valence-electron chi connectivity index (χ2n) is 3.98. The smallest absolute Gasteiger partial charge is 0.416 e. The molecule has 0 saturated heterocycles. The van der Waals surface area contributed by atoms with Crippen LogP contribution >= 0.6 is 0 Å². The number of benzene rings is 1. The van der Waals surface area contributed by atoms with Crippen LogP contribution in [0, 0.1) is 0 Å². The minimum absolute atomic E-state index is 0.0592. The zero-order chi connectivity index (χ0) is 14.0. The van der Waals surface area contributed by atoms with Gasteiger partial charge < -0.3 is 10.5 Å². The van der Waals surface area contributed by atoms with Crippen LogP contribution in [0.15, 0.2) is 30.5 Å². The van der Waals surface area contributed by atoms with Gasteiger partial charge in [-0.2, -0.15) is 18.3 Å². The lowest BCUT2D eigenvalue weighted by Crippen LogP contribution is -2.07. The number of rotatable bonds is 3. The number of nitrogen functional groups attached to an aromatic ring is 1. The standard InChI is InChI=1S/C12H12F3N3O/c1-18-11(10(16)6-17-18)7-19-9-4-2-3-8(5-9)12(13,14)15/h2-6H,7,16H2,1H3. The van der Waals surface area contributed by atoms with Gasteiger partial charge in [0.15, 0.2) is 0 Å². The molecule has 1 heterocycles. The van der Waals surface area contributed by atoms with Crippen LogP contribution in [0.1, 0.15) is 11.3 Å². The number of aryl methyl sites for hydroxylation is 1. The minimum Gasteiger partial charge on any atom is -0.487 e. The van der Waals surface area contributed by atoms with E-state index >= 15 is 0 Å². The molecular weight excluding hydrogens is 259 g/mol. The van der Waals surface area contributed by atoms with E-state index in [2.05, 4.69) is 5.10 Å². The highest BCUT2D eigenvalue weighted by Gasteiger charge is 2.30. The maximum absolute atomic E-state index is 12.5. The molecule has 0 unspecified atom stereocenters. The average Bonchev–Trinajstić information content (AvgIpc) is 2.66. The SMILES string of the molecule is Cn1ncc(N)c1COc1cccc(C(F)(F)F)c1. The van der Waals surface area contributed by atoms with Crippen molar-refractivity contribution < 1.29 is 17.9 Å². The van der Waals surface area contributed by atoms with Crippen LogP contribution in [0.4, 0.5) is 18.9 Å². The van der Waals surface area contributed by atoms with Gasteiger partial charge in [-0.3, -0.25) is 4.68 Å². The summed E-state index contributed by atoms with van der Waals surface area (Å²) in [6.45, 7) is 0.0592. The quantitative estimate of drug-likeness (QED) is 0.933. The summed E-state index contributed by atoms with van der Waals surface area (Å²) in [4.78, 5) is 0. The number of nitrogens with two attached hydrogens (primary N) is 1. The number of hydrogen-bond donors (Lipinski definition) is 1. The second-order valence-corrected chi connectivity index (χ2v) is 3.98. The number of halogens is 3. The van der Waals surface area contributed by atoms with E-state index in [1.807, 2.05) is 0 Å². The molecule has 0 saturated carbocycles. The van der Waals surface area contributed by atoms with Crippen molar-refractivity contribution in [3.05, 3.63) is 41.7 Å². The Morgan fingerprint density at radius 1 is 1.37 bits per heavy atom. The van der Waals surface area contributed by atoms with Gasteiger partial charge in [-0.05, 0) is 18.2 Å². The number of aromatic nitrogens is 2. The van der Waals surface area contributed by atoms with E-state index in [0.29, 0.717) is 11.4 Å². The predicted molar refractivity (Wildman–Crippen MR) is 63.4 cm³/mol. The summed E-state index contributed by atoms with van der Waals surface area (Å²) >= 11 is 0. The third-order valence-corrected chi connectivity index (χ3v) is 2.63. The first-order valence-electron chi connectivity index (χ1n) is 5.44. The third kappa shape index (κ3) is 2.98. The van der Waals surface area contributed by atoms with Gasteiger partial charge in [0.1, 0.15) is 12.4 Å². The fraction of sp³-hybridized carbons (Fsp3) is 0.250.